The predicted octanol–water partition coefficient (Wildman–Crippen LogP) is 5.27. The number of carbonyl (C=O) groups excluding carboxylic acids is 1. The van der Waals surface area contributed by atoms with Gasteiger partial charge in [0, 0.05) is 5.92 Å². The number of nitrogens with zero attached hydrogens (tertiary/aromatic N) is 3. The quantitative estimate of drug-likeness (QED) is 0.660. The minimum Gasteiger partial charge on any atom is -0.384 e. The Bertz CT molecular complexity index is 1090. The van der Waals surface area contributed by atoms with Gasteiger partial charge >= 0.3 is 0 Å². The van der Waals surface area contributed by atoms with E-state index >= 15 is 0 Å². The summed E-state index contributed by atoms with van der Waals surface area (Å²) in [6.45, 7) is 2.61. The number of hydrogen-bond donors (Lipinski definition) is 1. The van der Waals surface area contributed by atoms with Crippen molar-refractivity contribution in [2.45, 2.75) is 83.3 Å². The Labute approximate surface area is 199 Å². The number of aromatic nitrogens is 3. The fourth-order valence-corrected chi connectivity index (χ4v) is 8.93. The van der Waals surface area contributed by atoms with Gasteiger partial charge in [-0.2, -0.15) is 0 Å². The summed E-state index contributed by atoms with van der Waals surface area (Å²) in [5, 5.41) is 18.9. The van der Waals surface area contributed by atoms with Crippen molar-refractivity contribution in [1.29, 1.82) is 0 Å². The number of rotatable bonds is 4. The van der Waals surface area contributed by atoms with Crippen LogP contribution in [0.1, 0.15) is 64.7 Å². The van der Waals surface area contributed by atoms with E-state index in [1.54, 1.807) is 4.68 Å². The minimum atomic E-state index is -2.65. The maximum absolute atomic E-state index is 13.6. The highest BCUT2D eigenvalue weighted by molar-refractivity contribution is 5.84. The van der Waals surface area contributed by atoms with Gasteiger partial charge in [-0.05, 0) is 105 Å². The number of alkyl halides is 2. The van der Waals surface area contributed by atoms with E-state index < -0.39 is 12.0 Å². The van der Waals surface area contributed by atoms with Crippen LogP contribution in [0.5, 0.6) is 0 Å². The van der Waals surface area contributed by atoms with Gasteiger partial charge in [-0.1, -0.05) is 24.3 Å². The fraction of sp³-hybridized carbons (Fsp3) is 0.741. The number of aliphatic hydroxyl groups is 1. The first-order valence-corrected chi connectivity index (χ1v) is 13.1. The van der Waals surface area contributed by atoms with E-state index in [4.69, 9.17) is 0 Å². The van der Waals surface area contributed by atoms with Crippen LogP contribution in [0.25, 0.3) is 11.0 Å². The Balaban J connectivity index is 1.18. The molecule has 4 aliphatic carbocycles. The highest BCUT2D eigenvalue weighted by Gasteiger charge is 2.59. The Morgan fingerprint density at radius 1 is 1.09 bits per heavy atom. The molecule has 5 nitrogen and oxygen atoms in total. The van der Waals surface area contributed by atoms with Crippen LogP contribution in [0.2, 0.25) is 0 Å². The molecule has 1 aromatic heterocycles. The van der Waals surface area contributed by atoms with Crippen LogP contribution in [0.15, 0.2) is 24.3 Å². The molecule has 184 valence electrons. The maximum Gasteiger partial charge on any atom is 0.266 e. The zero-order valence-electron chi connectivity index (χ0n) is 19.9. The van der Waals surface area contributed by atoms with Crippen molar-refractivity contribution in [1.82, 2.24) is 15.0 Å². The number of fused-ring (bicyclic) bond motifs is 6. The van der Waals surface area contributed by atoms with Crippen molar-refractivity contribution in [2.75, 3.05) is 0 Å². The topological polar surface area (TPSA) is 68.0 Å². The molecule has 4 aliphatic rings. The molecule has 1 heterocycles. The smallest absolute Gasteiger partial charge is 0.266 e. The molecule has 0 saturated heterocycles. The van der Waals surface area contributed by atoms with Crippen molar-refractivity contribution in [2.24, 2.45) is 40.9 Å². The van der Waals surface area contributed by atoms with Crippen LogP contribution in [-0.4, -0.2) is 37.9 Å². The lowest BCUT2D eigenvalue weighted by Gasteiger charge is -2.57. The van der Waals surface area contributed by atoms with Crippen molar-refractivity contribution in [3.63, 3.8) is 0 Å². The van der Waals surface area contributed by atoms with Crippen LogP contribution in [0.3, 0.4) is 0 Å². The predicted molar refractivity (Wildman–Crippen MR) is 124 cm³/mol. The highest BCUT2D eigenvalue weighted by Crippen LogP contribution is 2.65. The molecule has 0 unspecified atom stereocenters. The number of para-hydroxylation sites is 1. The summed E-state index contributed by atoms with van der Waals surface area (Å²) < 4.78 is 28.7. The Morgan fingerprint density at radius 3 is 2.71 bits per heavy atom. The average Bonchev–Trinajstić information content (AvgIpc) is 3.39. The lowest BCUT2D eigenvalue weighted by atomic mass is 9.49. The number of hydrogen-bond acceptors (Lipinski definition) is 4. The molecular formula is C27H35F2N3O2. The number of benzene rings is 1. The van der Waals surface area contributed by atoms with Gasteiger partial charge in [0.1, 0.15) is 17.7 Å². The zero-order valence-corrected chi connectivity index (χ0v) is 19.9. The number of carbonyl (C=O) groups is 1. The van der Waals surface area contributed by atoms with Gasteiger partial charge in [0.05, 0.1) is 5.52 Å². The third-order valence-corrected chi connectivity index (χ3v) is 10.6. The third kappa shape index (κ3) is 3.36. The van der Waals surface area contributed by atoms with Crippen molar-refractivity contribution in [3.05, 3.63) is 24.3 Å². The van der Waals surface area contributed by atoms with Crippen LogP contribution < -0.4 is 0 Å². The van der Waals surface area contributed by atoms with Gasteiger partial charge in [0.15, 0.2) is 5.78 Å². The van der Waals surface area contributed by atoms with Crippen LogP contribution in [0.4, 0.5) is 8.78 Å². The van der Waals surface area contributed by atoms with Gasteiger partial charge in [0.25, 0.3) is 6.43 Å². The summed E-state index contributed by atoms with van der Waals surface area (Å²) in [5.74, 6) is 2.68. The molecule has 4 saturated carbocycles. The number of Topliss-reactive ketones (excluding diaryl/α,β-unsaturated/α-hetero) is 1. The lowest BCUT2D eigenvalue weighted by molar-refractivity contribution is -0.160. The minimum absolute atomic E-state index is 0.0137. The second-order valence-corrected chi connectivity index (χ2v) is 12.0. The summed E-state index contributed by atoms with van der Waals surface area (Å²) in [6, 6.07) is 7.76. The fourth-order valence-electron chi connectivity index (χ4n) is 8.93. The molecule has 4 fully saturated rings. The first-order valence-electron chi connectivity index (χ1n) is 13.1. The van der Waals surface area contributed by atoms with Crippen LogP contribution in [0, 0.1) is 40.9 Å². The second kappa shape index (κ2) is 8.07. The van der Waals surface area contributed by atoms with Crippen molar-refractivity contribution in [3.8, 4) is 0 Å². The molecule has 0 bridgehead atoms. The molecule has 0 radical (unpaired) electrons. The first-order chi connectivity index (χ1) is 16.3. The Kier molecular flexibility index (Phi) is 5.36. The molecule has 0 aliphatic heterocycles. The van der Waals surface area contributed by atoms with E-state index in [0.717, 1.165) is 56.0 Å². The van der Waals surface area contributed by atoms with Gasteiger partial charge in [0.2, 0.25) is 0 Å². The van der Waals surface area contributed by atoms with E-state index in [9.17, 15) is 18.7 Å². The average molecular weight is 472 g/mol. The molecule has 34 heavy (non-hydrogen) atoms. The van der Waals surface area contributed by atoms with Crippen LogP contribution >= 0.6 is 0 Å². The molecule has 0 amide bonds. The summed E-state index contributed by atoms with van der Waals surface area (Å²) in [7, 11) is 0. The normalized spacial score (nSPS) is 41.8. The summed E-state index contributed by atoms with van der Waals surface area (Å²) >= 11 is 0. The highest BCUT2D eigenvalue weighted by atomic mass is 19.3. The number of ketones is 1. The molecule has 8 atom stereocenters. The second-order valence-electron chi connectivity index (χ2n) is 12.0. The standard InChI is InChI=1S/C27H35F2N3O2/c1-26-12-10-18-17-11-13-27(34,25(28)29)14-16(17)6-7-19(18)20(26)8-9-21(26)24(33)15-32-23-5-3-2-4-22(23)30-31-32/h2-5,16-21,25,34H,6-15H2,1H3/t16-,17+,18-,19-,20+,21+,26+,27-/m1/s1. The molecule has 7 heteroatoms. The molecular weight excluding hydrogens is 436 g/mol. The zero-order chi connectivity index (χ0) is 23.7. The third-order valence-electron chi connectivity index (χ3n) is 10.6. The molecule has 1 N–H and O–H groups in total. The van der Waals surface area contributed by atoms with Gasteiger partial charge in [-0.3, -0.25) is 4.79 Å². The number of halogens is 2. The Hall–Kier alpha value is -1.89. The Morgan fingerprint density at radius 2 is 1.88 bits per heavy atom. The van der Waals surface area contributed by atoms with Gasteiger partial charge in [-0.25, -0.2) is 13.5 Å². The molecule has 6 rings (SSSR count). The van der Waals surface area contributed by atoms with Crippen molar-refractivity contribution < 1.29 is 18.7 Å². The van der Waals surface area contributed by atoms with E-state index in [2.05, 4.69) is 17.2 Å². The largest absolute Gasteiger partial charge is 0.384 e. The lowest BCUT2D eigenvalue weighted by Crippen LogP contribution is -2.53. The van der Waals surface area contributed by atoms with Crippen molar-refractivity contribution >= 4 is 16.8 Å². The summed E-state index contributed by atoms with van der Waals surface area (Å²) in [4.78, 5) is 13.6. The molecule has 1 aromatic carbocycles. The van der Waals surface area contributed by atoms with E-state index in [1.165, 1.54) is 0 Å². The molecule has 0 spiro atoms. The van der Waals surface area contributed by atoms with Gasteiger partial charge < -0.3 is 5.11 Å². The first kappa shape index (κ1) is 22.6. The van der Waals surface area contributed by atoms with Gasteiger partial charge in [-0.15, -0.1) is 5.10 Å². The maximum atomic E-state index is 13.6. The van der Waals surface area contributed by atoms with E-state index in [0.29, 0.717) is 23.7 Å². The SMILES string of the molecule is C[C@]12CC[C@H]3[C@@H](CC[C@@H]4C[C@@](O)(C(F)F)CC[C@@H]43)[C@@H]1CC[C@H]2C(=O)Cn1nnc2ccccc21. The molecule has 2 aromatic rings. The summed E-state index contributed by atoms with van der Waals surface area (Å²) in [6.07, 6.45) is 4.70. The summed E-state index contributed by atoms with van der Waals surface area (Å²) in [5.41, 5.74) is -0.0547. The van der Waals surface area contributed by atoms with Crippen LogP contribution in [-0.2, 0) is 11.3 Å². The van der Waals surface area contributed by atoms with E-state index in [1.807, 2.05) is 24.3 Å². The monoisotopic (exact) mass is 471 g/mol. The van der Waals surface area contributed by atoms with E-state index in [-0.39, 0.29) is 42.4 Å².